The van der Waals surface area contributed by atoms with Crippen molar-refractivity contribution in [1.82, 2.24) is 10.2 Å². The topological polar surface area (TPSA) is 53.9 Å². The minimum absolute atomic E-state index is 0.191. The summed E-state index contributed by atoms with van der Waals surface area (Å²) in [5, 5.41) is 4.51. The Hall–Kier alpha value is -0.750. The van der Waals surface area contributed by atoms with Crippen molar-refractivity contribution < 1.29 is 9.53 Å². The van der Waals surface area contributed by atoms with Crippen molar-refractivity contribution in [3.05, 3.63) is 0 Å². The van der Waals surface area contributed by atoms with Crippen molar-refractivity contribution >= 4 is 22.8 Å². The lowest BCUT2D eigenvalue weighted by Crippen LogP contribution is -2.46. The standard InChI is InChI=1S/C15H27N3O2S/c1-15(2,3)12-5-11-21-14(17-12)16-6-4-13(19)18-7-9-20-10-8-18/h12H,4-11H2,1-3H3,(H,16,17). The summed E-state index contributed by atoms with van der Waals surface area (Å²) in [4.78, 5) is 18.5. The van der Waals surface area contributed by atoms with E-state index >= 15 is 0 Å². The molecule has 2 fully saturated rings. The van der Waals surface area contributed by atoms with Gasteiger partial charge in [0.25, 0.3) is 0 Å². The second-order valence-electron chi connectivity index (χ2n) is 6.63. The van der Waals surface area contributed by atoms with E-state index in [9.17, 15) is 4.79 Å². The van der Waals surface area contributed by atoms with Crippen LogP contribution in [0.4, 0.5) is 0 Å². The molecule has 6 heteroatoms. The molecule has 0 aromatic rings. The van der Waals surface area contributed by atoms with Gasteiger partial charge in [-0.15, -0.1) is 0 Å². The van der Waals surface area contributed by atoms with Gasteiger partial charge in [0.05, 0.1) is 19.8 Å². The van der Waals surface area contributed by atoms with Crippen LogP contribution in [-0.4, -0.2) is 60.6 Å². The molecule has 2 heterocycles. The lowest BCUT2D eigenvalue weighted by Gasteiger charge is -2.35. The quantitative estimate of drug-likeness (QED) is 0.862. The predicted molar refractivity (Wildman–Crippen MR) is 87.8 cm³/mol. The maximum absolute atomic E-state index is 12.0. The molecule has 1 amide bonds. The number of aliphatic imine (C=N–C) groups is 1. The summed E-state index contributed by atoms with van der Waals surface area (Å²) in [5.41, 5.74) is 0.241. The Labute approximate surface area is 131 Å². The Morgan fingerprint density at radius 3 is 2.81 bits per heavy atom. The predicted octanol–water partition coefficient (Wildman–Crippen LogP) is 1.73. The van der Waals surface area contributed by atoms with Gasteiger partial charge in [0.2, 0.25) is 5.91 Å². The number of hydrogen-bond donors (Lipinski definition) is 1. The van der Waals surface area contributed by atoms with Gasteiger partial charge in [-0.25, -0.2) is 0 Å². The molecule has 120 valence electrons. The minimum atomic E-state index is 0.191. The second-order valence-corrected chi connectivity index (χ2v) is 7.71. The molecule has 2 aliphatic rings. The number of amidine groups is 1. The number of carbonyl (C=O) groups is 1. The van der Waals surface area contributed by atoms with Crippen molar-refractivity contribution in [3.63, 3.8) is 0 Å². The first-order chi connectivity index (χ1) is 9.97. The molecule has 0 bridgehead atoms. The summed E-state index contributed by atoms with van der Waals surface area (Å²) in [6.07, 6.45) is 1.66. The monoisotopic (exact) mass is 313 g/mol. The number of morpholine rings is 1. The van der Waals surface area contributed by atoms with Gasteiger partial charge < -0.3 is 15.0 Å². The molecule has 5 nitrogen and oxygen atoms in total. The van der Waals surface area contributed by atoms with Gasteiger partial charge in [-0.2, -0.15) is 0 Å². The van der Waals surface area contributed by atoms with Crippen LogP contribution in [0.25, 0.3) is 0 Å². The van der Waals surface area contributed by atoms with Crippen molar-refractivity contribution in [1.29, 1.82) is 0 Å². The molecule has 21 heavy (non-hydrogen) atoms. The van der Waals surface area contributed by atoms with E-state index in [0.29, 0.717) is 45.3 Å². The Bertz CT molecular complexity index is 387. The van der Waals surface area contributed by atoms with Gasteiger partial charge in [0.15, 0.2) is 5.17 Å². The smallest absolute Gasteiger partial charge is 0.224 e. The van der Waals surface area contributed by atoms with Gasteiger partial charge >= 0.3 is 0 Å². The van der Waals surface area contributed by atoms with E-state index in [-0.39, 0.29) is 11.3 Å². The third kappa shape index (κ3) is 5.18. The van der Waals surface area contributed by atoms with Gasteiger partial charge in [-0.05, 0) is 11.8 Å². The van der Waals surface area contributed by atoms with Crippen molar-refractivity contribution in [2.45, 2.75) is 39.7 Å². The molecular weight excluding hydrogens is 286 g/mol. The van der Waals surface area contributed by atoms with Crippen LogP contribution >= 0.6 is 11.8 Å². The average molecular weight is 313 g/mol. The normalized spacial score (nSPS) is 25.8. The highest BCUT2D eigenvalue weighted by atomic mass is 32.2. The zero-order valence-corrected chi connectivity index (χ0v) is 14.2. The van der Waals surface area contributed by atoms with E-state index in [1.807, 2.05) is 4.90 Å². The van der Waals surface area contributed by atoms with Crippen molar-refractivity contribution in [3.8, 4) is 0 Å². The van der Waals surface area contributed by atoms with E-state index < -0.39 is 0 Å². The van der Waals surface area contributed by atoms with Crippen LogP contribution in [0.15, 0.2) is 4.99 Å². The Morgan fingerprint density at radius 2 is 2.14 bits per heavy atom. The minimum Gasteiger partial charge on any atom is -0.378 e. The van der Waals surface area contributed by atoms with Crippen LogP contribution in [-0.2, 0) is 9.53 Å². The van der Waals surface area contributed by atoms with Crippen LogP contribution in [0.5, 0.6) is 0 Å². The van der Waals surface area contributed by atoms with Crippen LogP contribution < -0.4 is 5.32 Å². The molecule has 0 radical (unpaired) electrons. The molecule has 0 aromatic heterocycles. The van der Waals surface area contributed by atoms with Crippen LogP contribution in [0, 0.1) is 5.41 Å². The summed E-state index contributed by atoms with van der Waals surface area (Å²) in [6.45, 7) is 10.1. The fourth-order valence-corrected chi connectivity index (χ4v) is 3.46. The lowest BCUT2D eigenvalue weighted by atomic mass is 9.85. The van der Waals surface area contributed by atoms with E-state index in [1.165, 1.54) is 6.42 Å². The number of ether oxygens (including phenoxy) is 1. The highest BCUT2D eigenvalue weighted by molar-refractivity contribution is 8.13. The fourth-order valence-electron chi connectivity index (χ4n) is 2.50. The molecule has 1 N–H and O–H groups in total. The number of nitrogens with zero attached hydrogens (tertiary/aromatic N) is 2. The number of carbonyl (C=O) groups excluding carboxylic acids is 1. The molecule has 2 rings (SSSR count). The molecule has 1 atom stereocenters. The van der Waals surface area contributed by atoms with Gasteiger partial charge in [-0.3, -0.25) is 9.79 Å². The molecular formula is C15H27N3O2S. The first-order valence-corrected chi connectivity index (χ1v) is 8.74. The molecule has 0 aliphatic carbocycles. The molecule has 0 aromatic carbocycles. The van der Waals surface area contributed by atoms with Crippen molar-refractivity contribution in [2.75, 3.05) is 38.6 Å². The van der Waals surface area contributed by atoms with Crippen LogP contribution in [0.2, 0.25) is 0 Å². The summed E-state index contributed by atoms with van der Waals surface area (Å²) in [7, 11) is 0. The largest absolute Gasteiger partial charge is 0.378 e. The van der Waals surface area contributed by atoms with E-state index in [2.05, 4.69) is 31.1 Å². The van der Waals surface area contributed by atoms with Gasteiger partial charge in [-0.1, -0.05) is 32.5 Å². The fraction of sp³-hybridized carbons (Fsp3) is 0.867. The maximum Gasteiger partial charge on any atom is 0.224 e. The Morgan fingerprint density at radius 1 is 1.43 bits per heavy atom. The Kier molecular flexibility index (Phi) is 5.93. The second kappa shape index (κ2) is 7.49. The maximum atomic E-state index is 12.0. The number of hydrogen-bond acceptors (Lipinski definition) is 4. The number of rotatable bonds is 3. The molecule has 2 saturated heterocycles. The first-order valence-electron chi connectivity index (χ1n) is 7.76. The lowest BCUT2D eigenvalue weighted by molar-refractivity contribution is -0.135. The van der Waals surface area contributed by atoms with E-state index in [0.717, 1.165) is 10.9 Å². The molecule has 0 spiro atoms. The number of thioether (sulfide) groups is 1. The highest BCUT2D eigenvalue weighted by Crippen LogP contribution is 2.27. The van der Waals surface area contributed by atoms with Crippen LogP contribution in [0.1, 0.15) is 33.6 Å². The third-order valence-corrected chi connectivity index (χ3v) is 4.89. The SMILES string of the molecule is CC(C)(C)C1CCSC(=NCCC(=O)N2CCOCC2)N1. The summed E-state index contributed by atoms with van der Waals surface area (Å²) in [6, 6.07) is 0.465. The molecule has 0 saturated carbocycles. The van der Waals surface area contributed by atoms with Gasteiger partial charge in [0.1, 0.15) is 0 Å². The van der Waals surface area contributed by atoms with E-state index in [1.54, 1.807) is 11.8 Å². The first kappa shape index (κ1) is 16.6. The summed E-state index contributed by atoms with van der Waals surface area (Å²) >= 11 is 1.76. The van der Waals surface area contributed by atoms with E-state index in [4.69, 9.17) is 4.74 Å². The Balaban J connectivity index is 1.77. The molecule has 2 aliphatic heterocycles. The zero-order valence-electron chi connectivity index (χ0n) is 13.4. The average Bonchev–Trinajstić information content (AvgIpc) is 2.47. The van der Waals surface area contributed by atoms with Gasteiger partial charge in [0, 0.05) is 31.3 Å². The van der Waals surface area contributed by atoms with Crippen molar-refractivity contribution in [2.24, 2.45) is 10.4 Å². The van der Waals surface area contributed by atoms with Crippen LogP contribution in [0.3, 0.4) is 0 Å². The summed E-state index contributed by atoms with van der Waals surface area (Å²) in [5.74, 6) is 1.29. The zero-order chi connectivity index (χ0) is 15.3. The summed E-state index contributed by atoms with van der Waals surface area (Å²) < 4.78 is 5.26. The number of amides is 1. The highest BCUT2D eigenvalue weighted by Gasteiger charge is 2.28. The number of nitrogens with one attached hydrogen (secondary N) is 1. The third-order valence-electron chi connectivity index (χ3n) is 3.93. The molecule has 1 unspecified atom stereocenters.